The molecule has 0 fully saturated rings. The van der Waals surface area contributed by atoms with E-state index in [1.165, 1.54) is 10.9 Å². The van der Waals surface area contributed by atoms with Crippen molar-refractivity contribution in [2.24, 2.45) is 0 Å². The highest BCUT2D eigenvalue weighted by atomic mass is 32.2. The van der Waals surface area contributed by atoms with Gasteiger partial charge in [0.1, 0.15) is 10.8 Å². The smallest absolute Gasteiger partial charge is 0.134 e. The molecule has 0 saturated heterocycles. The van der Waals surface area contributed by atoms with E-state index in [-0.39, 0.29) is 5.82 Å². The Balaban J connectivity index is 2.41. The van der Waals surface area contributed by atoms with Gasteiger partial charge in [-0.05, 0) is 24.8 Å². The van der Waals surface area contributed by atoms with Crippen LogP contribution in [0.25, 0.3) is 10.6 Å². The minimum Gasteiger partial charge on any atom is -0.310 e. The predicted octanol–water partition coefficient (Wildman–Crippen LogP) is 4.73. The third-order valence-electron chi connectivity index (χ3n) is 3.19. The molecular formula is C16H21FN2S2. The zero-order valence-electron chi connectivity index (χ0n) is 12.9. The van der Waals surface area contributed by atoms with Gasteiger partial charge in [0.05, 0.1) is 11.3 Å². The molecule has 0 aliphatic heterocycles. The van der Waals surface area contributed by atoms with Gasteiger partial charge in [-0.2, -0.15) is 0 Å². The van der Waals surface area contributed by atoms with Gasteiger partial charge in [0, 0.05) is 22.4 Å². The Morgan fingerprint density at radius 1 is 1.38 bits per heavy atom. The number of nitrogens with zero attached hydrogens (tertiary/aromatic N) is 1. The Kier molecular flexibility index (Phi) is 5.79. The van der Waals surface area contributed by atoms with Gasteiger partial charge in [-0.25, -0.2) is 9.37 Å². The second-order valence-corrected chi connectivity index (χ2v) is 7.03. The molecule has 0 spiro atoms. The summed E-state index contributed by atoms with van der Waals surface area (Å²) in [6.07, 6.45) is 2.84. The molecule has 0 bridgehead atoms. The van der Waals surface area contributed by atoms with Crippen molar-refractivity contribution >= 4 is 23.1 Å². The Labute approximate surface area is 134 Å². The predicted molar refractivity (Wildman–Crippen MR) is 90.6 cm³/mol. The number of hydrogen-bond acceptors (Lipinski definition) is 4. The van der Waals surface area contributed by atoms with Gasteiger partial charge in [-0.3, -0.25) is 0 Å². The van der Waals surface area contributed by atoms with Crippen LogP contribution in [0.1, 0.15) is 31.3 Å². The number of rotatable bonds is 6. The van der Waals surface area contributed by atoms with Gasteiger partial charge >= 0.3 is 0 Å². The lowest BCUT2D eigenvalue weighted by Crippen LogP contribution is -2.21. The lowest BCUT2D eigenvalue weighted by molar-refractivity contribution is 0.590. The molecule has 1 aromatic heterocycles. The zero-order chi connectivity index (χ0) is 15.4. The van der Waals surface area contributed by atoms with Crippen molar-refractivity contribution in [3.63, 3.8) is 0 Å². The van der Waals surface area contributed by atoms with E-state index in [9.17, 15) is 4.39 Å². The van der Waals surface area contributed by atoms with E-state index in [0.717, 1.165) is 28.6 Å². The molecular weight excluding hydrogens is 303 g/mol. The van der Waals surface area contributed by atoms with E-state index in [4.69, 9.17) is 0 Å². The molecule has 2 rings (SSSR count). The first kappa shape index (κ1) is 16.5. The summed E-state index contributed by atoms with van der Waals surface area (Å²) in [4.78, 5) is 6.82. The molecule has 1 aromatic carbocycles. The molecule has 114 valence electrons. The number of thioether (sulfide) groups is 1. The van der Waals surface area contributed by atoms with Crippen molar-refractivity contribution in [2.45, 2.75) is 44.7 Å². The van der Waals surface area contributed by atoms with Gasteiger partial charge in [-0.15, -0.1) is 23.1 Å². The average molecular weight is 324 g/mol. The summed E-state index contributed by atoms with van der Waals surface area (Å²) in [5.74, 6) is -0.193. The summed E-state index contributed by atoms with van der Waals surface area (Å²) in [7, 11) is 0. The largest absolute Gasteiger partial charge is 0.310 e. The van der Waals surface area contributed by atoms with Crippen LogP contribution in [-0.2, 0) is 13.0 Å². The van der Waals surface area contributed by atoms with E-state index in [0.29, 0.717) is 11.6 Å². The maximum atomic E-state index is 14.2. The van der Waals surface area contributed by atoms with Crippen LogP contribution in [0.15, 0.2) is 23.1 Å². The van der Waals surface area contributed by atoms with Crippen LogP contribution >= 0.6 is 23.1 Å². The Morgan fingerprint density at radius 2 is 2.14 bits per heavy atom. The van der Waals surface area contributed by atoms with Crippen molar-refractivity contribution in [3.05, 3.63) is 34.6 Å². The van der Waals surface area contributed by atoms with E-state index >= 15 is 0 Å². The molecule has 2 aromatic rings. The summed E-state index contributed by atoms with van der Waals surface area (Å²) < 4.78 is 14.2. The molecule has 0 aliphatic carbocycles. The van der Waals surface area contributed by atoms with Gasteiger partial charge < -0.3 is 5.32 Å². The summed E-state index contributed by atoms with van der Waals surface area (Å²) in [5.41, 5.74) is 1.71. The van der Waals surface area contributed by atoms with Gasteiger partial charge in [0.2, 0.25) is 0 Å². The molecule has 21 heavy (non-hydrogen) atoms. The first-order valence-electron chi connectivity index (χ1n) is 7.11. The highest BCUT2D eigenvalue weighted by Gasteiger charge is 2.17. The topological polar surface area (TPSA) is 24.9 Å². The van der Waals surface area contributed by atoms with Crippen molar-refractivity contribution < 1.29 is 4.39 Å². The quantitative estimate of drug-likeness (QED) is 0.778. The van der Waals surface area contributed by atoms with E-state index in [2.05, 4.69) is 31.1 Å². The highest BCUT2D eigenvalue weighted by molar-refractivity contribution is 7.98. The van der Waals surface area contributed by atoms with Crippen molar-refractivity contribution in [3.8, 4) is 10.6 Å². The maximum Gasteiger partial charge on any atom is 0.134 e. The van der Waals surface area contributed by atoms with Crippen LogP contribution < -0.4 is 5.32 Å². The lowest BCUT2D eigenvalue weighted by Gasteiger charge is -2.06. The second-order valence-electron chi connectivity index (χ2n) is 5.10. The number of hydrogen-bond donors (Lipinski definition) is 1. The monoisotopic (exact) mass is 324 g/mol. The van der Waals surface area contributed by atoms with E-state index < -0.39 is 0 Å². The molecule has 5 heteroatoms. The minimum atomic E-state index is -0.193. The van der Waals surface area contributed by atoms with Crippen LogP contribution in [0, 0.1) is 5.82 Å². The molecule has 2 nitrogen and oxygen atoms in total. The standard InChI is InChI=1S/C16H21FN2S2/c1-5-12-14(9-18-10(2)3)21-16(19-12)15-11(17)7-6-8-13(15)20-4/h6-8,10,18H,5,9H2,1-4H3. The third-order valence-corrected chi connectivity index (χ3v) is 5.09. The second kappa shape index (κ2) is 7.38. The zero-order valence-corrected chi connectivity index (χ0v) is 14.5. The molecule has 0 saturated carbocycles. The molecule has 0 atom stereocenters. The molecule has 0 unspecified atom stereocenters. The van der Waals surface area contributed by atoms with Crippen LogP contribution in [0.5, 0.6) is 0 Å². The summed E-state index contributed by atoms with van der Waals surface area (Å²) >= 11 is 3.15. The van der Waals surface area contributed by atoms with Crippen LogP contribution in [0.2, 0.25) is 0 Å². The lowest BCUT2D eigenvalue weighted by atomic mass is 10.2. The SMILES string of the molecule is CCc1nc(-c2c(F)cccc2SC)sc1CNC(C)C. The summed E-state index contributed by atoms with van der Waals surface area (Å²) in [5, 5.41) is 4.20. The van der Waals surface area contributed by atoms with Crippen LogP contribution in [0.4, 0.5) is 4.39 Å². The number of aromatic nitrogens is 1. The first-order chi connectivity index (χ1) is 10.1. The number of nitrogens with one attached hydrogen (secondary N) is 1. The molecule has 1 N–H and O–H groups in total. The fourth-order valence-electron chi connectivity index (χ4n) is 2.08. The fourth-order valence-corrected chi connectivity index (χ4v) is 3.92. The molecule has 1 heterocycles. The summed E-state index contributed by atoms with van der Waals surface area (Å²) in [6, 6.07) is 5.63. The minimum absolute atomic E-state index is 0.193. The molecule has 0 aliphatic rings. The van der Waals surface area contributed by atoms with E-state index in [1.807, 2.05) is 12.3 Å². The van der Waals surface area contributed by atoms with Gasteiger partial charge in [0.15, 0.2) is 0 Å². The molecule has 0 amide bonds. The fraction of sp³-hybridized carbons (Fsp3) is 0.438. The van der Waals surface area contributed by atoms with Crippen molar-refractivity contribution in [1.82, 2.24) is 10.3 Å². The Hall–Kier alpha value is -0.910. The van der Waals surface area contributed by atoms with Crippen LogP contribution in [-0.4, -0.2) is 17.3 Å². The highest BCUT2D eigenvalue weighted by Crippen LogP contribution is 2.36. The van der Waals surface area contributed by atoms with Crippen LogP contribution in [0.3, 0.4) is 0 Å². The Bertz CT molecular complexity index is 608. The number of benzene rings is 1. The van der Waals surface area contributed by atoms with E-state index in [1.54, 1.807) is 29.2 Å². The number of aryl methyl sites for hydroxylation is 1. The first-order valence-corrected chi connectivity index (χ1v) is 9.15. The normalized spacial score (nSPS) is 11.3. The van der Waals surface area contributed by atoms with Gasteiger partial charge in [-0.1, -0.05) is 26.8 Å². The maximum absolute atomic E-state index is 14.2. The number of thiazole rings is 1. The van der Waals surface area contributed by atoms with Crippen molar-refractivity contribution in [2.75, 3.05) is 6.26 Å². The molecule has 0 radical (unpaired) electrons. The Morgan fingerprint density at radius 3 is 2.76 bits per heavy atom. The number of halogens is 1. The average Bonchev–Trinajstić information content (AvgIpc) is 2.87. The van der Waals surface area contributed by atoms with Crippen molar-refractivity contribution in [1.29, 1.82) is 0 Å². The third kappa shape index (κ3) is 3.84. The summed E-state index contributed by atoms with van der Waals surface area (Å²) in [6.45, 7) is 7.13. The van der Waals surface area contributed by atoms with Gasteiger partial charge in [0.25, 0.3) is 0 Å².